The zero-order chi connectivity index (χ0) is 12.9. The van der Waals surface area contributed by atoms with Crippen LogP contribution >= 0.6 is 0 Å². The third kappa shape index (κ3) is 4.87. The summed E-state index contributed by atoms with van der Waals surface area (Å²) in [5, 5.41) is 0. The van der Waals surface area contributed by atoms with Crippen LogP contribution in [0.25, 0.3) is 0 Å². The van der Waals surface area contributed by atoms with E-state index < -0.39 is 17.7 Å². The maximum absolute atomic E-state index is 11.8. The van der Waals surface area contributed by atoms with Crippen molar-refractivity contribution in [1.82, 2.24) is 0 Å². The van der Waals surface area contributed by atoms with E-state index in [-0.39, 0.29) is 6.54 Å². The summed E-state index contributed by atoms with van der Waals surface area (Å²) in [4.78, 5) is 11.8. The molecule has 4 heteroatoms. The van der Waals surface area contributed by atoms with Crippen molar-refractivity contribution in [2.24, 2.45) is 5.73 Å². The standard InChI is InChI=1S/C13H19NO3/c1-13(2,3)17-12(15)11(9-14)16-10-7-5-4-6-8-10/h4-8,11H,9,14H2,1-3H3. The van der Waals surface area contributed by atoms with Gasteiger partial charge in [0.25, 0.3) is 0 Å². The molecular weight excluding hydrogens is 218 g/mol. The van der Waals surface area contributed by atoms with Gasteiger partial charge in [-0.2, -0.15) is 0 Å². The fourth-order valence-electron chi connectivity index (χ4n) is 1.22. The molecule has 0 saturated carbocycles. The van der Waals surface area contributed by atoms with Crippen molar-refractivity contribution < 1.29 is 14.3 Å². The molecule has 0 spiro atoms. The van der Waals surface area contributed by atoms with Crippen LogP contribution in [0.15, 0.2) is 30.3 Å². The molecule has 94 valence electrons. The van der Waals surface area contributed by atoms with Gasteiger partial charge in [-0.3, -0.25) is 0 Å². The maximum Gasteiger partial charge on any atom is 0.349 e. The Kier molecular flexibility index (Phi) is 4.52. The molecule has 4 nitrogen and oxygen atoms in total. The van der Waals surface area contributed by atoms with Gasteiger partial charge in [0.1, 0.15) is 11.4 Å². The second kappa shape index (κ2) is 5.68. The molecule has 0 fully saturated rings. The van der Waals surface area contributed by atoms with E-state index in [0.717, 1.165) is 0 Å². The summed E-state index contributed by atoms with van der Waals surface area (Å²) in [5.74, 6) is 0.165. The van der Waals surface area contributed by atoms with Crippen LogP contribution in [-0.2, 0) is 9.53 Å². The molecule has 0 saturated heterocycles. The van der Waals surface area contributed by atoms with Crippen molar-refractivity contribution in [2.45, 2.75) is 32.5 Å². The molecule has 0 heterocycles. The van der Waals surface area contributed by atoms with E-state index in [9.17, 15) is 4.79 Å². The molecule has 1 aromatic carbocycles. The summed E-state index contributed by atoms with van der Waals surface area (Å²) in [5.41, 5.74) is 4.98. The monoisotopic (exact) mass is 237 g/mol. The van der Waals surface area contributed by atoms with Crippen LogP contribution in [0.2, 0.25) is 0 Å². The van der Waals surface area contributed by atoms with Gasteiger partial charge in [-0.1, -0.05) is 18.2 Å². The van der Waals surface area contributed by atoms with Crippen LogP contribution in [0.4, 0.5) is 0 Å². The molecule has 0 amide bonds. The first-order valence-corrected chi connectivity index (χ1v) is 5.57. The van der Waals surface area contributed by atoms with Crippen LogP contribution in [0.1, 0.15) is 20.8 Å². The van der Waals surface area contributed by atoms with Gasteiger partial charge in [0.05, 0.1) is 0 Å². The quantitative estimate of drug-likeness (QED) is 0.810. The predicted octanol–water partition coefficient (Wildman–Crippen LogP) is 1.73. The highest BCUT2D eigenvalue weighted by Crippen LogP contribution is 2.14. The van der Waals surface area contributed by atoms with Crippen molar-refractivity contribution >= 4 is 5.97 Å². The highest BCUT2D eigenvalue weighted by molar-refractivity contribution is 5.75. The number of benzene rings is 1. The minimum absolute atomic E-state index is 0.0871. The van der Waals surface area contributed by atoms with E-state index in [2.05, 4.69) is 0 Å². The van der Waals surface area contributed by atoms with Crippen molar-refractivity contribution in [1.29, 1.82) is 0 Å². The third-order valence-corrected chi connectivity index (χ3v) is 1.91. The van der Waals surface area contributed by atoms with Gasteiger partial charge in [0.2, 0.25) is 6.10 Å². The molecule has 0 bridgehead atoms. The summed E-state index contributed by atoms with van der Waals surface area (Å²) < 4.78 is 10.7. The lowest BCUT2D eigenvalue weighted by molar-refractivity contribution is -0.162. The number of hydrogen-bond donors (Lipinski definition) is 1. The van der Waals surface area contributed by atoms with Gasteiger partial charge in [0.15, 0.2) is 0 Å². The Morgan fingerprint density at radius 3 is 2.35 bits per heavy atom. The third-order valence-electron chi connectivity index (χ3n) is 1.91. The van der Waals surface area contributed by atoms with E-state index in [1.165, 1.54) is 0 Å². The number of rotatable bonds is 4. The lowest BCUT2D eigenvalue weighted by atomic mass is 10.2. The lowest BCUT2D eigenvalue weighted by Gasteiger charge is -2.23. The molecule has 2 N–H and O–H groups in total. The van der Waals surface area contributed by atoms with Crippen molar-refractivity contribution in [3.8, 4) is 5.75 Å². The Morgan fingerprint density at radius 1 is 1.29 bits per heavy atom. The molecular formula is C13H19NO3. The highest BCUT2D eigenvalue weighted by atomic mass is 16.6. The maximum atomic E-state index is 11.8. The first-order chi connectivity index (χ1) is 7.92. The topological polar surface area (TPSA) is 61.5 Å². The Hall–Kier alpha value is -1.55. The fourth-order valence-corrected chi connectivity index (χ4v) is 1.22. The largest absolute Gasteiger partial charge is 0.477 e. The van der Waals surface area contributed by atoms with E-state index in [0.29, 0.717) is 5.75 Å². The number of para-hydroxylation sites is 1. The molecule has 1 unspecified atom stereocenters. The van der Waals surface area contributed by atoms with E-state index in [4.69, 9.17) is 15.2 Å². The van der Waals surface area contributed by atoms with E-state index >= 15 is 0 Å². The summed E-state index contributed by atoms with van der Waals surface area (Å²) in [6.07, 6.45) is -0.767. The molecule has 0 aliphatic carbocycles. The Labute approximate surface area is 102 Å². The minimum Gasteiger partial charge on any atom is -0.477 e. The lowest BCUT2D eigenvalue weighted by Crippen LogP contribution is -2.40. The molecule has 0 aliphatic heterocycles. The number of carbonyl (C=O) groups excluding carboxylic acids is 1. The van der Waals surface area contributed by atoms with Gasteiger partial charge in [-0.15, -0.1) is 0 Å². The normalized spacial score (nSPS) is 12.9. The molecule has 0 aromatic heterocycles. The zero-order valence-corrected chi connectivity index (χ0v) is 10.5. The summed E-state index contributed by atoms with van der Waals surface area (Å²) in [6.45, 7) is 5.51. The van der Waals surface area contributed by atoms with E-state index in [1.807, 2.05) is 18.2 Å². The number of ether oxygens (including phenoxy) is 2. The first-order valence-electron chi connectivity index (χ1n) is 5.57. The number of nitrogens with two attached hydrogens (primary N) is 1. The average Bonchev–Trinajstić information content (AvgIpc) is 2.24. The number of esters is 1. The van der Waals surface area contributed by atoms with E-state index in [1.54, 1.807) is 32.9 Å². The first kappa shape index (κ1) is 13.5. The molecule has 1 aromatic rings. The van der Waals surface area contributed by atoms with Crippen LogP contribution < -0.4 is 10.5 Å². The van der Waals surface area contributed by atoms with Gasteiger partial charge in [0, 0.05) is 6.54 Å². The number of hydrogen-bond acceptors (Lipinski definition) is 4. The van der Waals surface area contributed by atoms with Crippen LogP contribution in [0, 0.1) is 0 Å². The van der Waals surface area contributed by atoms with Crippen molar-refractivity contribution in [2.75, 3.05) is 6.54 Å². The van der Waals surface area contributed by atoms with Crippen LogP contribution in [0.3, 0.4) is 0 Å². The van der Waals surface area contributed by atoms with Crippen molar-refractivity contribution in [3.63, 3.8) is 0 Å². The Morgan fingerprint density at radius 2 is 1.88 bits per heavy atom. The number of carbonyl (C=O) groups is 1. The fraction of sp³-hybridized carbons (Fsp3) is 0.462. The minimum atomic E-state index is -0.767. The summed E-state index contributed by atoms with van der Waals surface area (Å²) >= 11 is 0. The summed E-state index contributed by atoms with van der Waals surface area (Å²) in [6, 6.07) is 9.08. The Balaban J connectivity index is 2.63. The second-order valence-corrected chi connectivity index (χ2v) is 4.69. The predicted molar refractivity (Wildman–Crippen MR) is 65.8 cm³/mol. The van der Waals surface area contributed by atoms with Gasteiger partial charge in [-0.05, 0) is 32.9 Å². The molecule has 0 radical (unpaired) electrons. The van der Waals surface area contributed by atoms with Gasteiger partial charge < -0.3 is 15.2 Å². The van der Waals surface area contributed by atoms with Crippen LogP contribution in [-0.4, -0.2) is 24.2 Å². The highest BCUT2D eigenvalue weighted by Gasteiger charge is 2.25. The SMILES string of the molecule is CC(C)(C)OC(=O)C(CN)Oc1ccccc1. The molecule has 17 heavy (non-hydrogen) atoms. The van der Waals surface area contributed by atoms with Crippen molar-refractivity contribution in [3.05, 3.63) is 30.3 Å². The van der Waals surface area contributed by atoms with Gasteiger partial charge >= 0.3 is 5.97 Å². The average molecular weight is 237 g/mol. The second-order valence-electron chi connectivity index (χ2n) is 4.69. The van der Waals surface area contributed by atoms with Gasteiger partial charge in [-0.25, -0.2) is 4.79 Å². The summed E-state index contributed by atoms with van der Waals surface area (Å²) in [7, 11) is 0. The molecule has 0 aliphatic rings. The Bertz CT molecular complexity index is 357. The molecule has 1 rings (SSSR count). The smallest absolute Gasteiger partial charge is 0.349 e. The van der Waals surface area contributed by atoms with Crippen LogP contribution in [0.5, 0.6) is 5.75 Å². The zero-order valence-electron chi connectivity index (χ0n) is 10.5. The molecule has 1 atom stereocenters.